The molecule has 0 amide bonds. The normalized spacial score (nSPS) is 46.6. The molecule has 0 saturated heterocycles. The summed E-state index contributed by atoms with van der Waals surface area (Å²) in [5.41, 5.74) is 0. The number of fused-ring (bicyclic) bond motifs is 4. The lowest BCUT2D eigenvalue weighted by Gasteiger charge is -2.55. The number of rotatable bonds is 0. The zero-order valence-electron chi connectivity index (χ0n) is 8.37. The summed E-state index contributed by atoms with van der Waals surface area (Å²) in [4.78, 5) is 23.4. The van der Waals surface area contributed by atoms with Crippen molar-refractivity contribution in [3.63, 3.8) is 0 Å². The summed E-state index contributed by atoms with van der Waals surface area (Å²) >= 11 is 0. The van der Waals surface area contributed by atoms with E-state index >= 15 is 0 Å². The monoisotopic (exact) mass is 192 g/mol. The Labute approximate surface area is 84.1 Å². The molecule has 0 heterocycles. The lowest BCUT2D eigenvalue weighted by atomic mass is 9.47. The second-order valence-electron chi connectivity index (χ2n) is 5.10. The van der Waals surface area contributed by atoms with Crippen molar-refractivity contribution in [1.29, 1.82) is 0 Å². The van der Waals surface area contributed by atoms with Crippen molar-refractivity contribution in [3.8, 4) is 0 Å². The summed E-state index contributed by atoms with van der Waals surface area (Å²) in [6, 6.07) is 0. The van der Waals surface area contributed by atoms with E-state index in [1.165, 1.54) is 12.8 Å². The summed E-state index contributed by atoms with van der Waals surface area (Å²) < 4.78 is 0. The highest BCUT2D eigenvalue weighted by molar-refractivity contribution is 5.93. The average molecular weight is 192 g/mol. The molecule has 3 aliphatic carbocycles. The van der Waals surface area contributed by atoms with Gasteiger partial charge in [0, 0.05) is 24.7 Å². The van der Waals surface area contributed by atoms with Crippen LogP contribution in [0.3, 0.4) is 0 Å². The van der Waals surface area contributed by atoms with Gasteiger partial charge in [0.15, 0.2) is 0 Å². The minimum absolute atomic E-state index is 0.154. The first-order chi connectivity index (χ1) is 6.79. The molecule has 4 unspecified atom stereocenters. The van der Waals surface area contributed by atoms with Gasteiger partial charge in [0.1, 0.15) is 11.6 Å². The van der Waals surface area contributed by atoms with Crippen molar-refractivity contribution in [2.45, 2.75) is 38.5 Å². The van der Waals surface area contributed by atoms with E-state index in [-0.39, 0.29) is 11.8 Å². The summed E-state index contributed by atoms with van der Waals surface area (Å²) in [7, 11) is 0. The third kappa shape index (κ3) is 0.971. The number of carbonyl (C=O) groups is 2. The van der Waals surface area contributed by atoms with Gasteiger partial charge in [-0.15, -0.1) is 0 Å². The van der Waals surface area contributed by atoms with Crippen LogP contribution >= 0.6 is 0 Å². The predicted octanol–water partition coefficient (Wildman–Crippen LogP) is 1.97. The lowest BCUT2D eigenvalue weighted by molar-refractivity contribution is -0.160. The largest absolute Gasteiger partial charge is 0.299 e. The van der Waals surface area contributed by atoms with Gasteiger partial charge in [0.2, 0.25) is 0 Å². The second kappa shape index (κ2) is 2.91. The quantitative estimate of drug-likeness (QED) is 0.588. The van der Waals surface area contributed by atoms with Crippen molar-refractivity contribution in [3.05, 3.63) is 0 Å². The molecule has 14 heavy (non-hydrogen) atoms. The molecule has 4 atom stereocenters. The summed E-state index contributed by atoms with van der Waals surface area (Å²) in [5, 5.41) is 0. The fourth-order valence-corrected chi connectivity index (χ4v) is 3.94. The Morgan fingerprint density at radius 3 is 1.64 bits per heavy atom. The van der Waals surface area contributed by atoms with E-state index in [0.717, 1.165) is 25.7 Å². The Hall–Kier alpha value is -0.660. The average Bonchev–Trinajstić information content (AvgIpc) is 2.14. The van der Waals surface area contributed by atoms with Crippen LogP contribution in [-0.2, 0) is 9.59 Å². The Morgan fingerprint density at radius 2 is 1.21 bits per heavy atom. The molecular formula is C12H16O2. The first-order valence-electron chi connectivity index (χ1n) is 5.84. The Morgan fingerprint density at radius 1 is 0.786 bits per heavy atom. The summed E-state index contributed by atoms with van der Waals surface area (Å²) in [6.07, 6.45) is 6.00. The summed E-state index contributed by atoms with van der Waals surface area (Å²) in [6.45, 7) is 0. The predicted molar refractivity (Wildman–Crippen MR) is 51.7 cm³/mol. The molecule has 76 valence electrons. The highest BCUT2D eigenvalue weighted by atomic mass is 16.1. The second-order valence-corrected chi connectivity index (χ2v) is 5.10. The first-order valence-corrected chi connectivity index (χ1v) is 5.84. The highest BCUT2D eigenvalue weighted by Crippen LogP contribution is 2.56. The first kappa shape index (κ1) is 8.63. The van der Waals surface area contributed by atoms with Gasteiger partial charge in [0.25, 0.3) is 0 Å². The standard InChI is InChI=1S/C12H16O2/c13-9-5-1-3-7-8-4-2-6-10(14)12(8)11(7)9/h7-8,11-12H,1-6H2. The number of hydrogen-bond donors (Lipinski definition) is 0. The van der Waals surface area contributed by atoms with Crippen LogP contribution in [0.2, 0.25) is 0 Å². The highest BCUT2D eigenvalue weighted by Gasteiger charge is 2.57. The van der Waals surface area contributed by atoms with Crippen LogP contribution in [0.4, 0.5) is 0 Å². The van der Waals surface area contributed by atoms with E-state index in [9.17, 15) is 9.59 Å². The molecule has 0 spiro atoms. The van der Waals surface area contributed by atoms with E-state index in [1.54, 1.807) is 0 Å². The van der Waals surface area contributed by atoms with Crippen LogP contribution in [0.25, 0.3) is 0 Å². The molecule has 3 aliphatic rings. The molecule has 0 aromatic rings. The molecule has 0 aromatic carbocycles. The van der Waals surface area contributed by atoms with Crippen LogP contribution in [0.1, 0.15) is 38.5 Å². The van der Waals surface area contributed by atoms with Gasteiger partial charge in [0.05, 0.1) is 0 Å². The molecule has 3 saturated carbocycles. The van der Waals surface area contributed by atoms with E-state index in [2.05, 4.69) is 0 Å². The number of carbonyl (C=O) groups excluding carboxylic acids is 2. The van der Waals surface area contributed by atoms with E-state index in [1.807, 2.05) is 0 Å². The van der Waals surface area contributed by atoms with Crippen molar-refractivity contribution in [2.24, 2.45) is 23.7 Å². The molecule has 0 aromatic heterocycles. The molecule has 0 bridgehead atoms. The topological polar surface area (TPSA) is 34.1 Å². The minimum Gasteiger partial charge on any atom is -0.299 e. The zero-order valence-corrected chi connectivity index (χ0v) is 8.37. The molecule has 2 heteroatoms. The van der Waals surface area contributed by atoms with Gasteiger partial charge in [-0.25, -0.2) is 0 Å². The number of ketones is 2. The van der Waals surface area contributed by atoms with Crippen LogP contribution in [-0.4, -0.2) is 11.6 Å². The molecule has 0 radical (unpaired) electrons. The number of Topliss-reactive ketones (excluding diaryl/α,β-unsaturated/α-hetero) is 2. The SMILES string of the molecule is O=C1CCCC2C3CCCC(=O)C3C12. The van der Waals surface area contributed by atoms with E-state index in [4.69, 9.17) is 0 Å². The van der Waals surface area contributed by atoms with Crippen LogP contribution in [0, 0.1) is 23.7 Å². The maximum Gasteiger partial charge on any atom is 0.136 e. The third-order valence-corrected chi connectivity index (χ3v) is 4.52. The van der Waals surface area contributed by atoms with Gasteiger partial charge in [-0.2, -0.15) is 0 Å². The molecule has 0 N–H and O–H groups in total. The van der Waals surface area contributed by atoms with Crippen molar-refractivity contribution < 1.29 is 9.59 Å². The Bertz CT molecular complexity index is 265. The summed E-state index contributed by atoms with van der Waals surface area (Å²) in [5.74, 6) is 2.26. The fourth-order valence-electron chi connectivity index (χ4n) is 3.94. The minimum atomic E-state index is 0.154. The van der Waals surface area contributed by atoms with Gasteiger partial charge in [-0.05, 0) is 37.5 Å². The molecule has 0 aliphatic heterocycles. The van der Waals surface area contributed by atoms with Crippen molar-refractivity contribution in [1.82, 2.24) is 0 Å². The third-order valence-electron chi connectivity index (χ3n) is 4.52. The van der Waals surface area contributed by atoms with Gasteiger partial charge >= 0.3 is 0 Å². The fraction of sp³-hybridized carbons (Fsp3) is 0.833. The van der Waals surface area contributed by atoms with Crippen LogP contribution < -0.4 is 0 Å². The van der Waals surface area contributed by atoms with Crippen LogP contribution in [0.5, 0.6) is 0 Å². The van der Waals surface area contributed by atoms with Crippen molar-refractivity contribution in [2.75, 3.05) is 0 Å². The van der Waals surface area contributed by atoms with Gasteiger partial charge in [-0.3, -0.25) is 9.59 Å². The van der Waals surface area contributed by atoms with E-state index in [0.29, 0.717) is 23.4 Å². The lowest BCUT2D eigenvalue weighted by Crippen LogP contribution is -2.57. The molecule has 3 rings (SSSR count). The van der Waals surface area contributed by atoms with Gasteiger partial charge < -0.3 is 0 Å². The molecule has 2 nitrogen and oxygen atoms in total. The maximum atomic E-state index is 11.7. The molecule has 3 fully saturated rings. The maximum absolute atomic E-state index is 11.7. The van der Waals surface area contributed by atoms with Gasteiger partial charge in [-0.1, -0.05) is 0 Å². The van der Waals surface area contributed by atoms with Crippen LogP contribution in [0.15, 0.2) is 0 Å². The Kier molecular flexibility index (Phi) is 1.80. The molecular weight excluding hydrogens is 176 g/mol. The zero-order chi connectivity index (χ0) is 9.71. The smallest absolute Gasteiger partial charge is 0.136 e. The Balaban J connectivity index is 1.86. The van der Waals surface area contributed by atoms with Crippen molar-refractivity contribution >= 4 is 11.6 Å². The number of hydrogen-bond acceptors (Lipinski definition) is 2. The van der Waals surface area contributed by atoms with E-state index < -0.39 is 0 Å².